The summed E-state index contributed by atoms with van der Waals surface area (Å²) in [4.78, 5) is 40.8. The van der Waals surface area contributed by atoms with Crippen LogP contribution in [-0.4, -0.2) is 58.9 Å². The number of hydrogen-bond acceptors (Lipinski definition) is 5. The Hall–Kier alpha value is -3.81. The van der Waals surface area contributed by atoms with Crippen LogP contribution in [0.4, 0.5) is 0 Å². The van der Waals surface area contributed by atoms with Crippen molar-refractivity contribution in [2.24, 2.45) is 0 Å². The van der Waals surface area contributed by atoms with Crippen LogP contribution in [0.3, 0.4) is 0 Å². The minimum atomic E-state index is -0.849. The van der Waals surface area contributed by atoms with Crippen molar-refractivity contribution in [1.29, 1.82) is 0 Å². The third-order valence-corrected chi connectivity index (χ3v) is 6.90. The molecular formula is C29H28N2O5. The van der Waals surface area contributed by atoms with Gasteiger partial charge in [-0.05, 0) is 40.8 Å². The van der Waals surface area contributed by atoms with E-state index in [9.17, 15) is 19.5 Å². The zero-order chi connectivity index (χ0) is 25.1. The molecule has 2 N–H and O–H groups in total. The number of aliphatic hydroxyl groups is 1. The van der Waals surface area contributed by atoms with Gasteiger partial charge in [-0.3, -0.25) is 14.4 Å². The molecule has 0 spiro atoms. The maximum Gasteiger partial charge on any atom is 0.251 e. The number of rotatable bonds is 7. The number of benzene rings is 3. The molecular weight excluding hydrogens is 456 g/mol. The molecule has 5 rings (SSSR count). The maximum atomic E-state index is 13.6. The van der Waals surface area contributed by atoms with Gasteiger partial charge in [-0.25, -0.2) is 0 Å². The van der Waals surface area contributed by atoms with Crippen LogP contribution in [0.15, 0.2) is 78.9 Å². The normalized spacial score (nSPS) is 19.7. The van der Waals surface area contributed by atoms with E-state index in [2.05, 4.69) is 5.32 Å². The van der Waals surface area contributed by atoms with Crippen LogP contribution >= 0.6 is 0 Å². The minimum absolute atomic E-state index is 0.0204. The summed E-state index contributed by atoms with van der Waals surface area (Å²) < 4.78 is 5.54. The van der Waals surface area contributed by atoms with Crippen LogP contribution in [0.25, 0.3) is 11.1 Å². The zero-order valence-corrected chi connectivity index (χ0v) is 19.8. The highest BCUT2D eigenvalue weighted by Gasteiger charge is 2.48. The molecule has 184 valence electrons. The van der Waals surface area contributed by atoms with Gasteiger partial charge in [0.2, 0.25) is 5.91 Å². The van der Waals surface area contributed by atoms with Crippen molar-refractivity contribution in [2.75, 3.05) is 13.2 Å². The second-order valence-corrected chi connectivity index (χ2v) is 9.23. The van der Waals surface area contributed by atoms with Gasteiger partial charge in [-0.2, -0.15) is 0 Å². The van der Waals surface area contributed by atoms with Crippen molar-refractivity contribution in [3.63, 3.8) is 0 Å². The van der Waals surface area contributed by atoms with E-state index in [1.54, 1.807) is 29.2 Å². The fourth-order valence-corrected chi connectivity index (χ4v) is 4.94. The van der Waals surface area contributed by atoms with Crippen LogP contribution in [0.1, 0.15) is 27.9 Å². The van der Waals surface area contributed by atoms with E-state index in [1.807, 2.05) is 54.6 Å². The lowest BCUT2D eigenvalue weighted by Gasteiger charge is -2.27. The summed E-state index contributed by atoms with van der Waals surface area (Å²) >= 11 is 0. The molecule has 2 saturated heterocycles. The molecule has 2 fully saturated rings. The number of amides is 2. The van der Waals surface area contributed by atoms with E-state index in [0.29, 0.717) is 18.5 Å². The molecule has 2 aliphatic rings. The first-order chi connectivity index (χ1) is 17.5. The quantitative estimate of drug-likeness (QED) is 0.538. The third-order valence-electron chi connectivity index (χ3n) is 6.90. The lowest BCUT2D eigenvalue weighted by molar-refractivity contribution is -0.138. The van der Waals surface area contributed by atoms with Crippen LogP contribution in [-0.2, 0) is 27.4 Å². The van der Waals surface area contributed by atoms with Gasteiger partial charge in [-0.15, -0.1) is 0 Å². The van der Waals surface area contributed by atoms with Gasteiger partial charge >= 0.3 is 0 Å². The smallest absolute Gasteiger partial charge is 0.251 e. The van der Waals surface area contributed by atoms with Crippen molar-refractivity contribution in [2.45, 2.75) is 37.6 Å². The topological polar surface area (TPSA) is 95.9 Å². The zero-order valence-electron chi connectivity index (χ0n) is 19.8. The summed E-state index contributed by atoms with van der Waals surface area (Å²) in [6.07, 6.45) is 0.600. The van der Waals surface area contributed by atoms with E-state index in [0.717, 1.165) is 22.3 Å². The standard InChI is InChI=1S/C29H28N2O5/c32-17-20-8-6-19(7-9-20)16-24(29(35)31-15-14-26-27(31)25(33)18-36-26)30-28(34)23-12-10-22(11-13-23)21-4-2-1-3-5-21/h1-13,24,26-27,32H,14-18H2,(H,30,34). The van der Waals surface area contributed by atoms with E-state index in [-0.39, 0.29) is 43.3 Å². The van der Waals surface area contributed by atoms with Crippen molar-refractivity contribution in [3.05, 3.63) is 95.6 Å². The number of hydrogen-bond donors (Lipinski definition) is 2. The molecule has 3 aromatic rings. The molecule has 0 bridgehead atoms. The predicted octanol–water partition coefficient (Wildman–Crippen LogP) is 2.76. The number of carbonyl (C=O) groups excluding carboxylic acids is 3. The molecule has 3 unspecified atom stereocenters. The Bertz CT molecular complexity index is 1240. The van der Waals surface area contributed by atoms with E-state index in [4.69, 9.17) is 4.74 Å². The lowest BCUT2D eigenvalue weighted by atomic mass is 10.0. The first kappa shape index (κ1) is 23.9. The lowest BCUT2D eigenvalue weighted by Crippen LogP contribution is -2.53. The molecule has 7 heteroatoms. The Balaban J connectivity index is 1.36. The highest BCUT2D eigenvalue weighted by molar-refractivity contribution is 5.99. The molecule has 3 atom stereocenters. The number of nitrogens with zero attached hydrogens (tertiary/aromatic N) is 1. The Morgan fingerprint density at radius 2 is 1.61 bits per heavy atom. The van der Waals surface area contributed by atoms with Crippen molar-refractivity contribution >= 4 is 17.6 Å². The predicted molar refractivity (Wildman–Crippen MR) is 134 cm³/mol. The van der Waals surface area contributed by atoms with Crippen molar-refractivity contribution < 1.29 is 24.2 Å². The van der Waals surface area contributed by atoms with Gasteiger partial charge in [0.25, 0.3) is 5.91 Å². The molecule has 2 aliphatic heterocycles. The summed E-state index contributed by atoms with van der Waals surface area (Å²) in [5.41, 5.74) is 4.10. The highest BCUT2D eigenvalue weighted by Crippen LogP contribution is 2.28. The number of ether oxygens (including phenoxy) is 1. The number of nitrogens with one attached hydrogen (secondary N) is 1. The van der Waals surface area contributed by atoms with Gasteiger partial charge in [-0.1, -0.05) is 66.7 Å². The Morgan fingerprint density at radius 3 is 2.31 bits per heavy atom. The van der Waals surface area contributed by atoms with Crippen molar-refractivity contribution in [1.82, 2.24) is 10.2 Å². The second-order valence-electron chi connectivity index (χ2n) is 9.23. The van der Waals surface area contributed by atoms with E-state index >= 15 is 0 Å². The van der Waals surface area contributed by atoms with Gasteiger partial charge in [0, 0.05) is 18.5 Å². The van der Waals surface area contributed by atoms with Gasteiger partial charge in [0.15, 0.2) is 5.78 Å². The highest BCUT2D eigenvalue weighted by atomic mass is 16.5. The number of ketones is 1. The Labute approximate surface area is 209 Å². The first-order valence-corrected chi connectivity index (χ1v) is 12.1. The molecule has 2 amide bonds. The SMILES string of the molecule is O=C(NC(Cc1ccc(CO)cc1)C(=O)N1CCC2OCC(=O)C21)c1ccc(-c2ccccc2)cc1. The number of carbonyl (C=O) groups is 3. The van der Waals surface area contributed by atoms with Crippen molar-refractivity contribution in [3.8, 4) is 11.1 Å². The number of fused-ring (bicyclic) bond motifs is 1. The Morgan fingerprint density at radius 1 is 0.944 bits per heavy atom. The largest absolute Gasteiger partial charge is 0.392 e. The van der Waals surface area contributed by atoms with Gasteiger partial charge in [0.05, 0.1) is 12.7 Å². The molecule has 0 saturated carbocycles. The minimum Gasteiger partial charge on any atom is -0.392 e. The first-order valence-electron chi connectivity index (χ1n) is 12.1. The number of Topliss-reactive ketones (excluding diaryl/α,β-unsaturated/α-hetero) is 1. The summed E-state index contributed by atoms with van der Waals surface area (Å²) in [5.74, 6) is -0.744. The average Bonchev–Trinajstić information content (AvgIpc) is 3.51. The molecule has 3 aromatic carbocycles. The van der Waals surface area contributed by atoms with E-state index in [1.165, 1.54) is 0 Å². The molecule has 36 heavy (non-hydrogen) atoms. The van der Waals surface area contributed by atoms with Crippen LogP contribution in [0.5, 0.6) is 0 Å². The molecule has 0 radical (unpaired) electrons. The molecule has 0 aromatic heterocycles. The van der Waals surface area contributed by atoms with Crippen LogP contribution in [0, 0.1) is 0 Å². The number of aliphatic hydroxyl groups excluding tert-OH is 1. The third kappa shape index (κ3) is 4.94. The second kappa shape index (κ2) is 10.4. The van der Waals surface area contributed by atoms with Crippen LogP contribution < -0.4 is 5.32 Å². The van der Waals surface area contributed by atoms with Crippen LogP contribution in [0.2, 0.25) is 0 Å². The van der Waals surface area contributed by atoms with E-state index < -0.39 is 12.1 Å². The fraction of sp³-hybridized carbons (Fsp3) is 0.276. The summed E-state index contributed by atoms with van der Waals surface area (Å²) in [6, 6.07) is 23.0. The summed E-state index contributed by atoms with van der Waals surface area (Å²) in [6.45, 7) is 0.366. The number of likely N-dealkylation sites (tertiary alicyclic amines) is 1. The molecule has 0 aliphatic carbocycles. The Kier molecular flexibility index (Phi) is 6.93. The fourth-order valence-electron chi connectivity index (χ4n) is 4.94. The van der Waals surface area contributed by atoms with Gasteiger partial charge < -0.3 is 20.1 Å². The molecule has 7 nitrogen and oxygen atoms in total. The summed E-state index contributed by atoms with van der Waals surface area (Å²) in [5, 5.41) is 12.2. The van der Waals surface area contributed by atoms with Gasteiger partial charge in [0.1, 0.15) is 18.7 Å². The monoisotopic (exact) mass is 484 g/mol. The summed E-state index contributed by atoms with van der Waals surface area (Å²) in [7, 11) is 0. The molecule has 2 heterocycles. The maximum absolute atomic E-state index is 13.6. The average molecular weight is 485 g/mol.